The zero-order valence-electron chi connectivity index (χ0n) is 7.45. The van der Waals surface area contributed by atoms with Crippen LogP contribution in [0.25, 0.3) is 0 Å². The van der Waals surface area contributed by atoms with Gasteiger partial charge in [0.25, 0.3) is 0 Å². The van der Waals surface area contributed by atoms with Gasteiger partial charge in [0.15, 0.2) is 0 Å². The van der Waals surface area contributed by atoms with Gasteiger partial charge in [-0.3, -0.25) is 4.79 Å². The summed E-state index contributed by atoms with van der Waals surface area (Å²) in [5.41, 5.74) is 5.89. The van der Waals surface area contributed by atoms with Gasteiger partial charge in [-0.05, 0) is 6.92 Å². The maximum absolute atomic E-state index is 11.1. The van der Waals surface area contributed by atoms with Crippen molar-refractivity contribution in [3.05, 3.63) is 18.2 Å². The Morgan fingerprint density at radius 1 is 1.54 bits per heavy atom. The average Bonchev–Trinajstić information content (AvgIpc) is 2.09. The van der Waals surface area contributed by atoms with Gasteiger partial charge in [-0.25, -0.2) is 9.97 Å². The van der Waals surface area contributed by atoms with E-state index in [1.54, 1.807) is 0 Å². The predicted octanol–water partition coefficient (Wildman–Crippen LogP) is -0.263. The number of nitrogens with zero attached hydrogens (tertiary/aromatic N) is 2. The van der Waals surface area contributed by atoms with Crippen LogP contribution in [0.3, 0.4) is 0 Å². The molecule has 1 aromatic heterocycles. The van der Waals surface area contributed by atoms with Crippen LogP contribution >= 0.6 is 0 Å². The SMILES string of the molecule is CCNC(=O)Cc1ncc(N)cn1. The Labute approximate surface area is 76.4 Å². The standard InChI is InChI=1S/C8H12N4O/c1-2-10-8(13)3-7-11-4-6(9)5-12-7/h4-5H,2-3,9H2,1H3,(H,10,13). The Kier molecular flexibility index (Phi) is 3.19. The quantitative estimate of drug-likeness (QED) is 0.671. The number of carbonyl (C=O) groups is 1. The van der Waals surface area contributed by atoms with Crippen LogP contribution in [-0.2, 0) is 11.2 Å². The molecule has 0 aliphatic carbocycles. The summed E-state index contributed by atoms with van der Waals surface area (Å²) in [7, 11) is 0. The molecule has 1 rings (SSSR count). The molecule has 70 valence electrons. The van der Waals surface area contributed by atoms with Crippen molar-refractivity contribution in [3.8, 4) is 0 Å². The monoisotopic (exact) mass is 180 g/mol. The Morgan fingerprint density at radius 2 is 2.15 bits per heavy atom. The number of hydrogen-bond acceptors (Lipinski definition) is 4. The Hall–Kier alpha value is -1.65. The van der Waals surface area contributed by atoms with Gasteiger partial charge in [0, 0.05) is 6.54 Å². The summed E-state index contributed by atoms with van der Waals surface area (Å²) in [4.78, 5) is 18.9. The second-order valence-electron chi connectivity index (χ2n) is 2.56. The molecule has 0 radical (unpaired) electrons. The average molecular weight is 180 g/mol. The molecule has 0 spiro atoms. The van der Waals surface area contributed by atoms with Crippen LogP contribution in [0.1, 0.15) is 12.7 Å². The highest BCUT2D eigenvalue weighted by Gasteiger charge is 2.03. The lowest BCUT2D eigenvalue weighted by Gasteiger charge is -2.00. The summed E-state index contributed by atoms with van der Waals surface area (Å²) in [5, 5.41) is 2.66. The molecule has 1 amide bonds. The molecular weight excluding hydrogens is 168 g/mol. The van der Waals surface area contributed by atoms with Crippen molar-refractivity contribution in [2.24, 2.45) is 0 Å². The molecule has 0 saturated heterocycles. The van der Waals surface area contributed by atoms with Gasteiger partial charge in [0.05, 0.1) is 24.5 Å². The van der Waals surface area contributed by atoms with Crippen molar-refractivity contribution in [2.45, 2.75) is 13.3 Å². The van der Waals surface area contributed by atoms with Gasteiger partial charge in [0.1, 0.15) is 5.82 Å². The summed E-state index contributed by atoms with van der Waals surface area (Å²) in [6.45, 7) is 2.48. The van der Waals surface area contributed by atoms with Crippen LogP contribution in [-0.4, -0.2) is 22.4 Å². The first-order valence-electron chi connectivity index (χ1n) is 4.05. The van der Waals surface area contributed by atoms with Gasteiger partial charge in [-0.15, -0.1) is 0 Å². The van der Waals surface area contributed by atoms with Crippen molar-refractivity contribution in [3.63, 3.8) is 0 Å². The number of anilines is 1. The zero-order valence-corrected chi connectivity index (χ0v) is 7.45. The molecule has 13 heavy (non-hydrogen) atoms. The van der Waals surface area contributed by atoms with E-state index < -0.39 is 0 Å². The van der Waals surface area contributed by atoms with Crippen molar-refractivity contribution >= 4 is 11.6 Å². The van der Waals surface area contributed by atoms with Gasteiger partial charge in [0.2, 0.25) is 5.91 Å². The van der Waals surface area contributed by atoms with Crippen LogP contribution in [0.15, 0.2) is 12.4 Å². The molecule has 0 aliphatic heterocycles. The topological polar surface area (TPSA) is 80.9 Å². The third kappa shape index (κ3) is 3.06. The Bertz CT molecular complexity index is 283. The molecule has 0 atom stereocenters. The number of nitrogens with two attached hydrogens (primary N) is 1. The van der Waals surface area contributed by atoms with E-state index >= 15 is 0 Å². The fourth-order valence-electron chi connectivity index (χ4n) is 0.859. The van der Waals surface area contributed by atoms with E-state index in [2.05, 4.69) is 15.3 Å². The number of likely N-dealkylation sites (N-methyl/N-ethyl adjacent to an activating group) is 1. The highest BCUT2D eigenvalue weighted by molar-refractivity contribution is 5.77. The minimum Gasteiger partial charge on any atom is -0.396 e. The molecule has 0 saturated carbocycles. The highest BCUT2D eigenvalue weighted by Crippen LogP contribution is 1.96. The number of nitrogen functional groups attached to an aromatic ring is 1. The van der Waals surface area contributed by atoms with Crippen LogP contribution in [0, 0.1) is 0 Å². The fourth-order valence-corrected chi connectivity index (χ4v) is 0.859. The highest BCUT2D eigenvalue weighted by atomic mass is 16.1. The second-order valence-corrected chi connectivity index (χ2v) is 2.56. The second kappa shape index (κ2) is 4.39. The number of carbonyl (C=O) groups excluding carboxylic acids is 1. The predicted molar refractivity (Wildman–Crippen MR) is 48.8 cm³/mol. The van der Waals surface area contributed by atoms with Gasteiger partial charge < -0.3 is 11.1 Å². The lowest BCUT2D eigenvalue weighted by atomic mass is 10.3. The van der Waals surface area contributed by atoms with Gasteiger partial charge >= 0.3 is 0 Å². The van der Waals surface area contributed by atoms with E-state index in [-0.39, 0.29) is 12.3 Å². The minimum atomic E-state index is -0.0766. The number of aromatic nitrogens is 2. The third-order valence-electron chi connectivity index (χ3n) is 1.42. The molecule has 0 aliphatic rings. The summed E-state index contributed by atoms with van der Waals surface area (Å²) in [5.74, 6) is 0.410. The largest absolute Gasteiger partial charge is 0.396 e. The van der Waals surface area contributed by atoms with Crippen molar-refractivity contribution in [1.82, 2.24) is 15.3 Å². The number of rotatable bonds is 3. The maximum Gasteiger partial charge on any atom is 0.227 e. The maximum atomic E-state index is 11.1. The molecule has 0 fully saturated rings. The number of hydrogen-bond donors (Lipinski definition) is 2. The molecule has 0 unspecified atom stereocenters. The molecule has 0 aromatic carbocycles. The summed E-state index contributed by atoms with van der Waals surface area (Å²) >= 11 is 0. The van der Waals surface area contributed by atoms with Crippen LogP contribution in [0.2, 0.25) is 0 Å². The zero-order chi connectivity index (χ0) is 9.68. The smallest absolute Gasteiger partial charge is 0.227 e. The van der Waals surface area contributed by atoms with Gasteiger partial charge in [-0.1, -0.05) is 0 Å². The normalized spacial score (nSPS) is 9.62. The molecule has 3 N–H and O–H groups in total. The Morgan fingerprint density at radius 3 is 2.69 bits per heavy atom. The number of nitrogens with one attached hydrogen (secondary N) is 1. The lowest BCUT2D eigenvalue weighted by molar-refractivity contribution is -0.120. The Balaban J connectivity index is 2.54. The van der Waals surface area contributed by atoms with E-state index in [9.17, 15) is 4.79 Å². The van der Waals surface area contributed by atoms with Crippen molar-refractivity contribution < 1.29 is 4.79 Å². The third-order valence-corrected chi connectivity index (χ3v) is 1.42. The molecule has 1 heterocycles. The molecule has 0 bridgehead atoms. The first-order chi connectivity index (χ1) is 6.22. The van der Waals surface area contributed by atoms with E-state index in [0.29, 0.717) is 18.1 Å². The van der Waals surface area contributed by atoms with E-state index in [4.69, 9.17) is 5.73 Å². The van der Waals surface area contributed by atoms with Crippen LogP contribution in [0.4, 0.5) is 5.69 Å². The minimum absolute atomic E-state index is 0.0766. The van der Waals surface area contributed by atoms with Gasteiger partial charge in [-0.2, -0.15) is 0 Å². The summed E-state index contributed by atoms with van der Waals surface area (Å²) in [6, 6.07) is 0. The van der Waals surface area contributed by atoms with E-state index in [1.807, 2.05) is 6.92 Å². The summed E-state index contributed by atoms with van der Waals surface area (Å²) in [6.07, 6.45) is 3.18. The molecular formula is C8H12N4O. The first-order valence-corrected chi connectivity index (χ1v) is 4.05. The fraction of sp³-hybridized carbons (Fsp3) is 0.375. The number of amides is 1. The van der Waals surface area contributed by atoms with Crippen LogP contribution < -0.4 is 11.1 Å². The molecule has 1 aromatic rings. The van der Waals surface area contributed by atoms with Crippen molar-refractivity contribution in [2.75, 3.05) is 12.3 Å². The van der Waals surface area contributed by atoms with E-state index in [0.717, 1.165) is 0 Å². The summed E-state index contributed by atoms with van der Waals surface area (Å²) < 4.78 is 0. The van der Waals surface area contributed by atoms with E-state index in [1.165, 1.54) is 12.4 Å². The van der Waals surface area contributed by atoms with Crippen molar-refractivity contribution in [1.29, 1.82) is 0 Å². The van der Waals surface area contributed by atoms with Crippen LogP contribution in [0.5, 0.6) is 0 Å². The molecule has 5 heteroatoms. The molecule has 5 nitrogen and oxygen atoms in total. The lowest BCUT2D eigenvalue weighted by Crippen LogP contribution is -2.25. The first kappa shape index (κ1) is 9.44.